The average molecular weight is 358 g/mol. The van der Waals surface area contributed by atoms with E-state index in [4.69, 9.17) is 0 Å². The lowest BCUT2D eigenvalue weighted by atomic mass is 10.0. The molecule has 1 heterocycles. The molecule has 4 heteroatoms. The van der Waals surface area contributed by atoms with Crippen LogP contribution in [-0.2, 0) is 0 Å². The van der Waals surface area contributed by atoms with Gasteiger partial charge in [0.1, 0.15) is 0 Å². The van der Waals surface area contributed by atoms with Gasteiger partial charge in [0.25, 0.3) is 5.91 Å². The van der Waals surface area contributed by atoms with Gasteiger partial charge in [-0.05, 0) is 30.7 Å². The van der Waals surface area contributed by atoms with E-state index in [1.807, 2.05) is 49.4 Å². The van der Waals surface area contributed by atoms with Gasteiger partial charge in [0.15, 0.2) is 5.13 Å². The first-order valence-electron chi connectivity index (χ1n) is 8.45. The van der Waals surface area contributed by atoms with Crippen molar-refractivity contribution >= 4 is 33.1 Å². The summed E-state index contributed by atoms with van der Waals surface area (Å²) in [5.41, 5.74) is 3.86. The Morgan fingerprint density at radius 3 is 2.46 bits per heavy atom. The van der Waals surface area contributed by atoms with E-state index in [1.54, 1.807) is 0 Å². The van der Waals surface area contributed by atoms with E-state index < -0.39 is 0 Å². The lowest BCUT2D eigenvalue weighted by molar-refractivity contribution is 0.102. The number of nitrogens with one attached hydrogen (secondary N) is 1. The monoisotopic (exact) mass is 358 g/mol. The van der Waals surface area contributed by atoms with E-state index in [0.29, 0.717) is 10.7 Å². The molecule has 3 nitrogen and oxygen atoms in total. The van der Waals surface area contributed by atoms with Crippen molar-refractivity contribution < 1.29 is 4.79 Å². The maximum absolute atomic E-state index is 12.8. The van der Waals surface area contributed by atoms with Crippen molar-refractivity contribution in [2.75, 3.05) is 5.32 Å². The Labute approximate surface area is 156 Å². The van der Waals surface area contributed by atoms with Gasteiger partial charge in [-0.15, -0.1) is 11.3 Å². The normalized spacial score (nSPS) is 10.8. The molecule has 0 spiro atoms. The molecule has 26 heavy (non-hydrogen) atoms. The molecule has 0 aliphatic rings. The van der Waals surface area contributed by atoms with E-state index in [-0.39, 0.29) is 5.91 Å². The van der Waals surface area contributed by atoms with Crippen molar-refractivity contribution in [3.63, 3.8) is 0 Å². The number of carbonyl (C=O) groups is 1. The second kappa shape index (κ2) is 6.73. The number of carbonyl (C=O) groups excluding carboxylic acids is 1. The number of hydrogen-bond donors (Lipinski definition) is 1. The molecule has 4 rings (SSSR count). The van der Waals surface area contributed by atoms with Crippen LogP contribution in [0.1, 0.15) is 20.8 Å². The molecule has 0 saturated heterocycles. The Morgan fingerprint density at radius 1 is 0.923 bits per heavy atom. The van der Waals surface area contributed by atoms with Crippen molar-refractivity contribution in [3.05, 3.63) is 82.7 Å². The molecule has 1 N–H and O–H groups in total. The number of nitrogens with zero attached hydrogens (tertiary/aromatic N) is 1. The molecule has 0 fully saturated rings. The van der Waals surface area contributed by atoms with Crippen LogP contribution >= 0.6 is 11.3 Å². The zero-order valence-corrected chi connectivity index (χ0v) is 15.4. The number of hydrogen-bond acceptors (Lipinski definition) is 3. The van der Waals surface area contributed by atoms with Crippen LogP contribution in [-0.4, -0.2) is 10.9 Å². The number of thiazole rings is 1. The van der Waals surface area contributed by atoms with Gasteiger partial charge >= 0.3 is 0 Å². The summed E-state index contributed by atoms with van der Waals surface area (Å²) in [6.07, 6.45) is 0. The van der Waals surface area contributed by atoms with Crippen molar-refractivity contribution in [1.29, 1.82) is 0 Å². The average Bonchev–Trinajstić information content (AvgIpc) is 3.02. The number of rotatable bonds is 3. The smallest absolute Gasteiger partial charge is 0.258 e. The van der Waals surface area contributed by atoms with Crippen LogP contribution in [0.25, 0.3) is 22.0 Å². The van der Waals surface area contributed by atoms with Crippen LogP contribution in [0, 0.1) is 13.8 Å². The summed E-state index contributed by atoms with van der Waals surface area (Å²) in [5.74, 6) is -0.133. The lowest BCUT2D eigenvalue weighted by Crippen LogP contribution is -2.12. The van der Waals surface area contributed by atoms with E-state index in [1.165, 1.54) is 16.9 Å². The second-order valence-corrected chi connectivity index (χ2v) is 7.47. The maximum atomic E-state index is 12.8. The van der Waals surface area contributed by atoms with Crippen LogP contribution < -0.4 is 5.32 Å². The number of benzene rings is 3. The van der Waals surface area contributed by atoms with Crippen LogP contribution in [0.3, 0.4) is 0 Å². The zero-order chi connectivity index (χ0) is 18.1. The first kappa shape index (κ1) is 16.5. The molecule has 0 bridgehead atoms. The molecule has 0 aliphatic carbocycles. The Hall–Kier alpha value is -2.98. The Morgan fingerprint density at radius 2 is 1.65 bits per heavy atom. The first-order chi connectivity index (χ1) is 12.6. The summed E-state index contributed by atoms with van der Waals surface area (Å²) in [6, 6.07) is 21.9. The van der Waals surface area contributed by atoms with Crippen molar-refractivity contribution in [3.8, 4) is 11.3 Å². The summed E-state index contributed by atoms with van der Waals surface area (Å²) < 4.78 is 0. The number of amides is 1. The van der Waals surface area contributed by atoms with Crippen molar-refractivity contribution in [2.24, 2.45) is 0 Å². The van der Waals surface area contributed by atoms with Crippen LogP contribution in [0.15, 0.2) is 66.7 Å². The number of fused-ring (bicyclic) bond motifs is 1. The first-order valence-corrected chi connectivity index (χ1v) is 9.27. The fourth-order valence-electron chi connectivity index (χ4n) is 3.02. The Kier molecular flexibility index (Phi) is 4.27. The topological polar surface area (TPSA) is 42.0 Å². The van der Waals surface area contributed by atoms with E-state index >= 15 is 0 Å². The molecule has 1 amide bonds. The predicted octanol–water partition coefficient (Wildman–Crippen LogP) is 5.83. The van der Waals surface area contributed by atoms with E-state index in [9.17, 15) is 4.79 Å². The minimum Gasteiger partial charge on any atom is -0.298 e. The van der Waals surface area contributed by atoms with Gasteiger partial charge < -0.3 is 0 Å². The number of aryl methyl sites for hydroxylation is 2. The molecule has 128 valence electrons. The highest BCUT2D eigenvalue weighted by Crippen LogP contribution is 2.31. The number of aromatic nitrogens is 1. The molecule has 0 atom stereocenters. The van der Waals surface area contributed by atoms with Crippen molar-refractivity contribution in [1.82, 2.24) is 4.98 Å². The quantitative estimate of drug-likeness (QED) is 0.500. The summed E-state index contributed by atoms with van der Waals surface area (Å²) in [7, 11) is 0. The van der Waals surface area contributed by atoms with E-state index in [2.05, 4.69) is 41.5 Å². The van der Waals surface area contributed by atoms with Crippen LogP contribution in [0.2, 0.25) is 0 Å². The van der Waals surface area contributed by atoms with Crippen molar-refractivity contribution in [2.45, 2.75) is 13.8 Å². The minimum absolute atomic E-state index is 0.133. The molecule has 1 aromatic heterocycles. The summed E-state index contributed by atoms with van der Waals surface area (Å²) >= 11 is 1.50. The van der Waals surface area contributed by atoms with Gasteiger partial charge in [-0.2, -0.15) is 0 Å². The Balaban J connectivity index is 1.64. The molecule has 0 aliphatic heterocycles. The SMILES string of the molecule is Cc1ccc(-c2nc(NC(=O)c3cccc4ccccc34)sc2C)cc1. The molecule has 0 radical (unpaired) electrons. The highest BCUT2D eigenvalue weighted by atomic mass is 32.1. The summed E-state index contributed by atoms with van der Waals surface area (Å²) in [5, 5.41) is 5.58. The summed E-state index contributed by atoms with van der Waals surface area (Å²) in [4.78, 5) is 18.5. The van der Waals surface area contributed by atoms with Crippen LogP contribution in [0.5, 0.6) is 0 Å². The standard InChI is InChI=1S/C22H18N2OS/c1-14-10-12-17(13-11-14)20-15(2)26-22(23-20)24-21(25)19-9-5-7-16-6-3-4-8-18(16)19/h3-13H,1-2H3,(H,23,24,25). The maximum Gasteiger partial charge on any atom is 0.258 e. The third-order valence-electron chi connectivity index (χ3n) is 4.38. The molecule has 0 saturated carbocycles. The van der Waals surface area contributed by atoms with Gasteiger partial charge in [-0.25, -0.2) is 4.98 Å². The zero-order valence-electron chi connectivity index (χ0n) is 14.6. The fraction of sp³-hybridized carbons (Fsp3) is 0.0909. The highest BCUT2D eigenvalue weighted by Gasteiger charge is 2.14. The molecular formula is C22H18N2OS. The van der Waals surface area contributed by atoms with Gasteiger partial charge in [0.2, 0.25) is 0 Å². The minimum atomic E-state index is -0.133. The molecule has 0 unspecified atom stereocenters. The predicted molar refractivity (Wildman–Crippen MR) is 109 cm³/mol. The van der Waals surface area contributed by atoms with E-state index in [0.717, 1.165) is 26.9 Å². The fourth-order valence-corrected chi connectivity index (χ4v) is 3.85. The second-order valence-electron chi connectivity index (χ2n) is 6.27. The molecular weight excluding hydrogens is 340 g/mol. The van der Waals surface area contributed by atoms with Gasteiger partial charge in [0.05, 0.1) is 5.69 Å². The molecule has 3 aromatic carbocycles. The van der Waals surface area contributed by atoms with Crippen LogP contribution in [0.4, 0.5) is 5.13 Å². The number of anilines is 1. The van der Waals surface area contributed by atoms with Gasteiger partial charge in [-0.1, -0.05) is 66.2 Å². The largest absolute Gasteiger partial charge is 0.298 e. The Bertz CT molecular complexity index is 1090. The molecule has 4 aromatic rings. The summed E-state index contributed by atoms with van der Waals surface area (Å²) in [6.45, 7) is 4.09. The highest BCUT2D eigenvalue weighted by molar-refractivity contribution is 7.16. The van der Waals surface area contributed by atoms with Gasteiger partial charge in [0, 0.05) is 16.0 Å². The van der Waals surface area contributed by atoms with Gasteiger partial charge in [-0.3, -0.25) is 10.1 Å². The third kappa shape index (κ3) is 3.11. The lowest BCUT2D eigenvalue weighted by Gasteiger charge is -2.06. The third-order valence-corrected chi connectivity index (χ3v) is 5.26.